The number of para-hydroxylation sites is 2. The van der Waals surface area contributed by atoms with Gasteiger partial charge in [-0.2, -0.15) is 0 Å². The van der Waals surface area contributed by atoms with Gasteiger partial charge in [0, 0.05) is 22.3 Å². The van der Waals surface area contributed by atoms with E-state index in [1.165, 1.54) is 11.1 Å². The molecule has 0 atom stereocenters. The van der Waals surface area contributed by atoms with Crippen molar-refractivity contribution in [2.24, 2.45) is 9.98 Å². The lowest BCUT2D eigenvalue weighted by Gasteiger charge is -2.08. The van der Waals surface area contributed by atoms with E-state index in [9.17, 15) is 0 Å². The molecule has 4 aromatic carbocycles. The third-order valence-electron chi connectivity index (χ3n) is 5.42. The van der Waals surface area contributed by atoms with E-state index in [4.69, 9.17) is 9.98 Å². The Balaban J connectivity index is 1.54. The molecule has 0 saturated heterocycles. The van der Waals surface area contributed by atoms with Gasteiger partial charge in [0.15, 0.2) is 0 Å². The van der Waals surface area contributed by atoms with Crippen LogP contribution in [0.3, 0.4) is 0 Å². The number of benzene rings is 4. The molecule has 0 N–H and O–H groups in total. The third kappa shape index (κ3) is 2.15. The second-order valence-electron chi connectivity index (χ2n) is 7.06. The van der Waals surface area contributed by atoms with Crippen LogP contribution in [0, 0.1) is 0 Å². The molecule has 4 aromatic rings. The van der Waals surface area contributed by atoms with E-state index in [1.54, 1.807) is 0 Å². The number of hydrogen-bond donors (Lipinski definition) is 0. The molecule has 0 aromatic heterocycles. The van der Waals surface area contributed by atoms with Crippen molar-refractivity contribution in [1.29, 1.82) is 0 Å². The van der Waals surface area contributed by atoms with E-state index >= 15 is 0 Å². The smallest absolute Gasteiger partial charge is 0.0995 e. The minimum Gasteiger partial charge on any atom is -0.245 e. The standard InChI is InChI=1S/C26H16N2/c1-3-9-17(10-4-1)19-13-7-15-21-23(19)27-26-22-16-8-14-20(24(22)28-25(21)26)18-11-5-2-6-12-18/h1-16H. The van der Waals surface area contributed by atoms with Gasteiger partial charge in [-0.25, -0.2) is 9.98 Å². The molecule has 0 radical (unpaired) electrons. The summed E-state index contributed by atoms with van der Waals surface area (Å²) in [5, 5.41) is 0. The lowest BCUT2D eigenvalue weighted by atomic mass is 9.97. The van der Waals surface area contributed by atoms with Crippen LogP contribution in [0.1, 0.15) is 11.1 Å². The molecular formula is C26H16N2. The Morgan fingerprint density at radius 1 is 0.357 bits per heavy atom. The maximum atomic E-state index is 5.05. The summed E-state index contributed by atoms with van der Waals surface area (Å²) in [6.45, 7) is 0. The van der Waals surface area contributed by atoms with E-state index < -0.39 is 0 Å². The SMILES string of the molecule is c1ccc(-c2cccc3c2N=C2C3=Nc3c2cccc3-c2ccccc2)cc1. The molecule has 2 heteroatoms. The Hall–Kier alpha value is -3.78. The number of aliphatic imine (C=N–C) groups is 2. The average molecular weight is 356 g/mol. The van der Waals surface area contributed by atoms with E-state index in [1.807, 2.05) is 12.1 Å². The highest BCUT2D eigenvalue weighted by Gasteiger charge is 2.32. The van der Waals surface area contributed by atoms with Gasteiger partial charge in [-0.3, -0.25) is 0 Å². The summed E-state index contributed by atoms with van der Waals surface area (Å²) in [7, 11) is 0. The first kappa shape index (κ1) is 15.3. The number of fused-ring (bicyclic) bond motifs is 5. The van der Waals surface area contributed by atoms with E-state index in [2.05, 4.69) is 84.9 Å². The fraction of sp³-hybridized carbons (Fsp3) is 0. The van der Waals surface area contributed by atoms with Crippen LogP contribution in [-0.4, -0.2) is 11.4 Å². The molecule has 0 aliphatic carbocycles. The highest BCUT2D eigenvalue weighted by atomic mass is 14.9. The number of nitrogens with zero attached hydrogens (tertiary/aromatic N) is 2. The van der Waals surface area contributed by atoms with Gasteiger partial charge in [0.05, 0.1) is 22.8 Å². The monoisotopic (exact) mass is 356 g/mol. The fourth-order valence-electron chi connectivity index (χ4n) is 4.12. The number of hydrogen-bond acceptors (Lipinski definition) is 2. The maximum Gasteiger partial charge on any atom is 0.0995 e. The van der Waals surface area contributed by atoms with Gasteiger partial charge in [0.25, 0.3) is 0 Å². The molecule has 2 aliphatic rings. The second kappa shape index (κ2) is 5.86. The van der Waals surface area contributed by atoms with Gasteiger partial charge in [-0.15, -0.1) is 0 Å². The Morgan fingerprint density at radius 2 is 0.750 bits per heavy atom. The summed E-state index contributed by atoms with van der Waals surface area (Å²) in [4.78, 5) is 10.1. The van der Waals surface area contributed by atoms with Crippen molar-refractivity contribution in [3.63, 3.8) is 0 Å². The van der Waals surface area contributed by atoms with E-state index in [-0.39, 0.29) is 0 Å². The van der Waals surface area contributed by atoms with Crippen molar-refractivity contribution in [3.8, 4) is 22.3 Å². The van der Waals surface area contributed by atoms with Crippen LogP contribution in [0.25, 0.3) is 22.3 Å². The molecule has 0 amide bonds. The summed E-state index contributed by atoms with van der Waals surface area (Å²) >= 11 is 0. The highest BCUT2D eigenvalue weighted by molar-refractivity contribution is 6.60. The Bertz CT molecular complexity index is 1180. The van der Waals surface area contributed by atoms with Crippen LogP contribution in [0.2, 0.25) is 0 Å². The van der Waals surface area contributed by atoms with E-state index in [0.717, 1.165) is 45.1 Å². The normalized spacial score (nSPS) is 13.4. The molecule has 130 valence electrons. The number of rotatable bonds is 2. The summed E-state index contributed by atoms with van der Waals surface area (Å²) < 4.78 is 0. The zero-order chi connectivity index (χ0) is 18.5. The van der Waals surface area contributed by atoms with Gasteiger partial charge in [0.2, 0.25) is 0 Å². The second-order valence-corrected chi connectivity index (χ2v) is 7.06. The molecule has 28 heavy (non-hydrogen) atoms. The van der Waals surface area contributed by atoms with Crippen LogP contribution in [-0.2, 0) is 0 Å². The maximum absolute atomic E-state index is 5.05. The van der Waals surface area contributed by atoms with Crippen molar-refractivity contribution in [3.05, 3.63) is 108 Å². The zero-order valence-electron chi connectivity index (χ0n) is 15.1. The molecular weight excluding hydrogens is 340 g/mol. The molecule has 2 aliphatic heterocycles. The van der Waals surface area contributed by atoms with E-state index in [0.29, 0.717) is 0 Å². The van der Waals surface area contributed by atoms with Gasteiger partial charge >= 0.3 is 0 Å². The van der Waals surface area contributed by atoms with Gasteiger partial charge in [-0.1, -0.05) is 97.1 Å². The van der Waals surface area contributed by atoms with Gasteiger partial charge < -0.3 is 0 Å². The fourth-order valence-corrected chi connectivity index (χ4v) is 4.12. The minimum atomic E-state index is 0.992. The van der Waals surface area contributed by atoms with Gasteiger partial charge in [-0.05, 0) is 11.1 Å². The molecule has 6 rings (SSSR count). The predicted octanol–water partition coefficient (Wildman–Crippen LogP) is 6.59. The summed E-state index contributed by atoms with van der Waals surface area (Å²) in [5.74, 6) is 0. The molecule has 0 bridgehead atoms. The van der Waals surface area contributed by atoms with Crippen LogP contribution in [0.5, 0.6) is 0 Å². The first-order valence-electron chi connectivity index (χ1n) is 9.45. The predicted molar refractivity (Wildman–Crippen MR) is 116 cm³/mol. The first-order valence-corrected chi connectivity index (χ1v) is 9.45. The Morgan fingerprint density at radius 3 is 1.18 bits per heavy atom. The van der Waals surface area contributed by atoms with Gasteiger partial charge in [0.1, 0.15) is 0 Å². The van der Waals surface area contributed by atoms with Crippen molar-refractivity contribution in [1.82, 2.24) is 0 Å². The van der Waals surface area contributed by atoms with Crippen molar-refractivity contribution < 1.29 is 0 Å². The average Bonchev–Trinajstić information content (AvgIpc) is 3.31. The first-order chi connectivity index (χ1) is 13.9. The minimum absolute atomic E-state index is 0.992. The van der Waals surface area contributed by atoms with Crippen molar-refractivity contribution in [2.75, 3.05) is 0 Å². The zero-order valence-corrected chi connectivity index (χ0v) is 15.1. The highest BCUT2D eigenvalue weighted by Crippen LogP contribution is 2.45. The third-order valence-corrected chi connectivity index (χ3v) is 5.42. The molecule has 0 spiro atoms. The Kier molecular flexibility index (Phi) is 3.20. The van der Waals surface area contributed by atoms with Crippen molar-refractivity contribution in [2.45, 2.75) is 0 Å². The van der Waals surface area contributed by atoms with Crippen LogP contribution in [0.15, 0.2) is 107 Å². The summed E-state index contributed by atoms with van der Waals surface area (Å²) in [5.41, 5.74) is 10.9. The van der Waals surface area contributed by atoms with Crippen LogP contribution in [0.4, 0.5) is 11.4 Å². The molecule has 0 unspecified atom stereocenters. The largest absolute Gasteiger partial charge is 0.245 e. The quantitative estimate of drug-likeness (QED) is 0.387. The molecule has 2 heterocycles. The van der Waals surface area contributed by atoms with Crippen LogP contribution < -0.4 is 0 Å². The topological polar surface area (TPSA) is 24.7 Å². The lowest BCUT2D eigenvalue weighted by molar-refractivity contribution is 1.48. The summed E-state index contributed by atoms with van der Waals surface area (Å²) in [6, 6.07) is 33.6. The lowest BCUT2D eigenvalue weighted by Crippen LogP contribution is -2.06. The summed E-state index contributed by atoms with van der Waals surface area (Å²) in [6.07, 6.45) is 0. The van der Waals surface area contributed by atoms with Crippen LogP contribution >= 0.6 is 0 Å². The Labute approximate surface area is 163 Å². The molecule has 2 nitrogen and oxygen atoms in total. The van der Waals surface area contributed by atoms with Crippen molar-refractivity contribution >= 4 is 22.8 Å². The molecule has 0 saturated carbocycles. The molecule has 0 fully saturated rings.